The number of benzene rings is 1. The van der Waals surface area contributed by atoms with Gasteiger partial charge in [0.25, 0.3) is 5.91 Å². The molecule has 2 aliphatic rings. The zero-order chi connectivity index (χ0) is 17.3. The third-order valence-corrected chi connectivity index (χ3v) is 5.82. The lowest BCUT2D eigenvalue weighted by Gasteiger charge is -2.34. The number of carbonyl (C=O) groups is 3. The molecule has 1 aromatic carbocycles. The van der Waals surface area contributed by atoms with Gasteiger partial charge in [0.2, 0.25) is 5.91 Å². The molecule has 0 aromatic heterocycles. The monoisotopic (exact) mass is 348 g/mol. The summed E-state index contributed by atoms with van der Waals surface area (Å²) < 4.78 is 0. The van der Waals surface area contributed by atoms with Crippen LogP contribution in [0.15, 0.2) is 23.1 Å². The van der Waals surface area contributed by atoms with Crippen LogP contribution in [0.4, 0.5) is 5.69 Å². The predicted octanol–water partition coefficient (Wildman–Crippen LogP) is 2.64. The summed E-state index contributed by atoms with van der Waals surface area (Å²) in [7, 11) is 0. The van der Waals surface area contributed by atoms with Gasteiger partial charge < -0.3 is 15.7 Å². The van der Waals surface area contributed by atoms with E-state index in [1.54, 1.807) is 18.2 Å². The second kappa shape index (κ2) is 6.47. The van der Waals surface area contributed by atoms with Gasteiger partial charge in [-0.05, 0) is 38.0 Å². The maximum Gasteiger partial charge on any atom is 0.329 e. The Kier molecular flexibility index (Phi) is 4.54. The number of aliphatic carboxylic acids is 1. The summed E-state index contributed by atoms with van der Waals surface area (Å²) >= 11 is 1.44. The van der Waals surface area contributed by atoms with Crippen molar-refractivity contribution in [1.29, 1.82) is 0 Å². The van der Waals surface area contributed by atoms with Crippen LogP contribution in [0, 0.1) is 0 Å². The van der Waals surface area contributed by atoms with E-state index in [0.29, 0.717) is 24.1 Å². The maximum absolute atomic E-state index is 12.6. The van der Waals surface area contributed by atoms with Crippen LogP contribution in [-0.4, -0.2) is 33.7 Å². The molecule has 7 heteroatoms. The highest BCUT2D eigenvalue weighted by molar-refractivity contribution is 8.00. The Bertz CT molecular complexity index is 698. The second-order valence-corrected chi connectivity index (χ2v) is 7.74. The van der Waals surface area contributed by atoms with Crippen molar-refractivity contribution in [2.24, 2.45) is 0 Å². The molecular formula is C17H20N2O4S. The zero-order valence-electron chi connectivity index (χ0n) is 13.4. The Hall–Kier alpha value is -2.02. The number of hydrogen-bond donors (Lipinski definition) is 3. The maximum atomic E-state index is 12.6. The first kappa shape index (κ1) is 16.8. The third kappa shape index (κ3) is 3.13. The van der Waals surface area contributed by atoms with Gasteiger partial charge in [-0.25, -0.2) is 4.79 Å². The number of carboxylic acid groups (broad SMARTS) is 1. The summed E-state index contributed by atoms with van der Waals surface area (Å²) in [6.45, 7) is 1.82. The molecule has 6 nitrogen and oxygen atoms in total. The highest BCUT2D eigenvalue weighted by atomic mass is 32.2. The summed E-state index contributed by atoms with van der Waals surface area (Å²) in [4.78, 5) is 36.9. The van der Waals surface area contributed by atoms with Crippen LogP contribution >= 0.6 is 11.8 Å². The summed E-state index contributed by atoms with van der Waals surface area (Å²) in [6.07, 6.45) is 3.47. The van der Waals surface area contributed by atoms with Crippen molar-refractivity contribution < 1.29 is 19.5 Å². The molecule has 128 valence electrons. The van der Waals surface area contributed by atoms with Crippen molar-refractivity contribution in [3.63, 3.8) is 0 Å². The first-order chi connectivity index (χ1) is 11.4. The number of nitrogens with one attached hydrogen (secondary N) is 2. The summed E-state index contributed by atoms with van der Waals surface area (Å²) in [5.41, 5.74) is -0.225. The van der Waals surface area contributed by atoms with E-state index >= 15 is 0 Å². The molecule has 1 heterocycles. The molecule has 2 amide bonds. The van der Waals surface area contributed by atoms with E-state index < -0.39 is 17.4 Å². The van der Waals surface area contributed by atoms with Gasteiger partial charge in [-0.1, -0.05) is 19.3 Å². The molecule has 0 saturated heterocycles. The van der Waals surface area contributed by atoms with Crippen molar-refractivity contribution in [2.75, 3.05) is 5.32 Å². The molecule has 1 fully saturated rings. The molecule has 1 aliphatic carbocycles. The predicted molar refractivity (Wildman–Crippen MR) is 91.3 cm³/mol. The van der Waals surface area contributed by atoms with E-state index in [1.807, 2.05) is 6.92 Å². The van der Waals surface area contributed by atoms with Gasteiger partial charge >= 0.3 is 5.97 Å². The fourth-order valence-electron chi connectivity index (χ4n) is 3.19. The van der Waals surface area contributed by atoms with Crippen molar-refractivity contribution in [3.8, 4) is 0 Å². The summed E-state index contributed by atoms with van der Waals surface area (Å²) in [6, 6.07) is 5.07. The van der Waals surface area contributed by atoms with Gasteiger partial charge in [0.05, 0.1) is 10.9 Å². The number of fused-ring (bicyclic) bond motifs is 1. The SMILES string of the molecule is C[C@@H]1Sc2ccc(C(=O)NC3(C(=O)O)CCCCC3)cc2NC1=O. The Morgan fingerprint density at radius 1 is 1.29 bits per heavy atom. The molecular weight excluding hydrogens is 328 g/mol. The lowest BCUT2D eigenvalue weighted by Crippen LogP contribution is -2.55. The van der Waals surface area contributed by atoms with Crippen molar-refractivity contribution in [1.82, 2.24) is 5.32 Å². The van der Waals surface area contributed by atoms with Gasteiger partial charge in [-0.3, -0.25) is 9.59 Å². The quantitative estimate of drug-likeness (QED) is 0.780. The topological polar surface area (TPSA) is 95.5 Å². The molecule has 1 atom stereocenters. The van der Waals surface area contributed by atoms with Crippen LogP contribution in [0.2, 0.25) is 0 Å². The lowest BCUT2D eigenvalue weighted by molar-refractivity contribution is -0.145. The normalized spacial score (nSPS) is 22.2. The van der Waals surface area contributed by atoms with E-state index in [2.05, 4.69) is 10.6 Å². The fraction of sp³-hybridized carbons (Fsp3) is 0.471. The highest BCUT2D eigenvalue weighted by Crippen LogP contribution is 2.36. The Morgan fingerprint density at radius 2 is 2.00 bits per heavy atom. The zero-order valence-corrected chi connectivity index (χ0v) is 14.2. The van der Waals surface area contributed by atoms with E-state index in [9.17, 15) is 19.5 Å². The van der Waals surface area contributed by atoms with E-state index in [0.717, 1.165) is 24.2 Å². The first-order valence-electron chi connectivity index (χ1n) is 8.09. The van der Waals surface area contributed by atoms with E-state index in [1.165, 1.54) is 11.8 Å². The number of amides is 2. The Balaban J connectivity index is 1.81. The molecule has 3 N–H and O–H groups in total. The minimum atomic E-state index is -1.18. The number of anilines is 1. The number of hydrogen-bond acceptors (Lipinski definition) is 4. The molecule has 0 radical (unpaired) electrons. The summed E-state index contributed by atoms with van der Waals surface area (Å²) in [5, 5.41) is 14.9. The fourth-order valence-corrected chi connectivity index (χ4v) is 4.12. The minimum Gasteiger partial charge on any atom is -0.480 e. The number of rotatable bonds is 3. The van der Waals surface area contributed by atoms with Crippen molar-refractivity contribution in [2.45, 2.75) is 54.7 Å². The van der Waals surface area contributed by atoms with Crippen LogP contribution in [0.25, 0.3) is 0 Å². The van der Waals surface area contributed by atoms with Crippen LogP contribution in [0.3, 0.4) is 0 Å². The third-order valence-electron chi connectivity index (χ3n) is 4.64. The van der Waals surface area contributed by atoms with Crippen LogP contribution in [0.1, 0.15) is 49.4 Å². The van der Waals surface area contributed by atoms with Gasteiger partial charge in [0.15, 0.2) is 0 Å². The second-order valence-electron chi connectivity index (χ2n) is 6.36. The molecule has 1 saturated carbocycles. The standard InChI is InChI=1S/C17H20N2O4S/c1-10-14(20)18-12-9-11(5-6-13(12)24-10)15(21)19-17(16(22)23)7-3-2-4-8-17/h5-6,9-10H,2-4,7-8H2,1H3,(H,18,20)(H,19,21)(H,22,23)/t10-/m0/s1. The van der Waals surface area contributed by atoms with Crippen LogP contribution < -0.4 is 10.6 Å². The van der Waals surface area contributed by atoms with Gasteiger partial charge in [0, 0.05) is 10.5 Å². The van der Waals surface area contributed by atoms with Crippen LogP contribution in [0.5, 0.6) is 0 Å². The average molecular weight is 348 g/mol. The van der Waals surface area contributed by atoms with Gasteiger partial charge in [-0.15, -0.1) is 11.8 Å². The summed E-state index contributed by atoms with van der Waals surface area (Å²) in [5.74, 6) is -1.49. The van der Waals surface area contributed by atoms with Gasteiger partial charge in [-0.2, -0.15) is 0 Å². The molecule has 1 aliphatic heterocycles. The molecule has 24 heavy (non-hydrogen) atoms. The number of carboxylic acids is 1. The molecule has 0 unspecified atom stereocenters. The Labute approximate surface area is 144 Å². The highest BCUT2D eigenvalue weighted by Gasteiger charge is 2.41. The van der Waals surface area contributed by atoms with E-state index in [-0.39, 0.29) is 11.2 Å². The van der Waals surface area contributed by atoms with Crippen LogP contribution in [-0.2, 0) is 9.59 Å². The smallest absolute Gasteiger partial charge is 0.329 e. The van der Waals surface area contributed by atoms with Crippen molar-refractivity contribution in [3.05, 3.63) is 23.8 Å². The lowest BCUT2D eigenvalue weighted by atomic mass is 9.81. The Morgan fingerprint density at radius 3 is 2.67 bits per heavy atom. The molecule has 3 rings (SSSR count). The van der Waals surface area contributed by atoms with E-state index in [4.69, 9.17) is 0 Å². The molecule has 0 spiro atoms. The molecule has 0 bridgehead atoms. The number of carbonyl (C=O) groups excluding carboxylic acids is 2. The largest absolute Gasteiger partial charge is 0.480 e. The average Bonchev–Trinajstić information content (AvgIpc) is 2.56. The minimum absolute atomic E-state index is 0.0978. The molecule has 1 aromatic rings. The number of thioether (sulfide) groups is 1. The van der Waals surface area contributed by atoms with Crippen molar-refractivity contribution >= 4 is 35.2 Å². The first-order valence-corrected chi connectivity index (χ1v) is 8.97. The van der Waals surface area contributed by atoms with Gasteiger partial charge in [0.1, 0.15) is 5.54 Å².